The fourth-order valence-corrected chi connectivity index (χ4v) is 4.56. The van der Waals surface area contributed by atoms with Crippen LogP contribution in [-0.4, -0.2) is 36.1 Å². The summed E-state index contributed by atoms with van der Waals surface area (Å²) in [7, 11) is 1.79. The molecule has 1 spiro atoms. The molecule has 1 aliphatic heterocycles. The summed E-state index contributed by atoms with van der Waals surface area (Å²) in [5, 5.41) is 11.0. The highest BCUT2D eigenvalue weighted by Crippen LogP contribution is 2.48. The Morgan fingerprint density at radius 1 is 1.15 bits per heavy atom. The minimum atomic E-state index is -0.318. The quantitative estimate of drug-likeness (QED) is 0.863. The summed E-state index contributed by atoms with van der Waals surface area (Å²) in [5.41, 5.74) is -0.180. The highest BCUT2D eigenvalue weighted by Gasteiger charge is 2.50. The SMILES string of the molecule is COC1(C(O)C2CCOC3(CCC3)C2)CCC(C)CC1. The molecule has 3 rings (SSSR count). The van der Waals surface area contributed by atoms with E-state index in [4.69, 9.17) is 9.47 Å². The molecule has 0 bridgehead atoms. The van der Waals surface area contributed by atoms with Gasteiger partial charge in [-0.15, -0.1) is 0 Å². The molecule has 0 aromatic heterocycles. The molecule has 0 radical (unpaired) electrons. The topological polar surface area (TPSA) is 38.7 Å². The normalized spacial score (nSPS) is 42.1. The van der Waals surface area contributed by atoms with Crippen LogP contribution in [0.25, 0.3) is 0 Å². The number of rotatable bonds is 3. The fourth-order valence-electron chi connectivity index (χ4n) is 4.56. The zero-order valence-electron chi connectivity index (χ0n) is 13.1. The van der Waals surface area contributed by atoms with Gasteiger partial charge in [-0.1, -0.05) is 6.92 Å². The Bertz CT molecular complexity index is 329. The van der Waals surface area contributed by atoms with E-state index < -0.39 is 0 Å². The first kappa shape index (κ1) is 14.8. The lowest BCUT2D eigenvalue weighted by Crippen LogP contribution is -2.55. The third-order valence-electron chi connectivity index (χ3n) is 6.31. The lowest BCUT2D eigenvalue weighted by Gasteiger charge is -2.51. The maximum absolute atomic E-state index is 11.0. The molecule has 3 fully saturated rings. The van der Waals surface area contributed by atoms with E-state index in [0.717, 1.165) is 38.2 Å². The third-order valence-corrected chi connectivity index (χ3v) is 6.31. The largest absolute Gasteiger partial charge is 0.390 e. The minimum Gasteiger partial charge on any atom is -0.390 e. The van der Waals surface area contributed by atoms with Gasteiger partial charge < -0.3 is 14.6 Å². The molecular formula is C17H30O3. The zero-order chi connectivity index (χ0) is 14.2. The molecule has 1 N–H and O–H groups in total. The summed E-state index contributed by atoms with van der Waals surface area (Å²) < 4.78 is 11.9. The smallest absolute Gasteiger partial charge is 0.0939 e. The van der Waals surface area contributed by atoms with Crippen molar-refractivity contribution < 1.29 is 14.6 Å². The van der Waals surface area contributed by atoms with E-state index in [1.165, 1.54) is 32.1 Å². The fraction of sp³-hybridized carbons (Fsp3) is 1.00. The van der Waals surface area contributed by atoms with Crippen LogP contribution in [0, 0.1) is 11.8 Å². The molecule has 1 saturated heterocycles. The summed E-state index contributed by atoms with van der Waals surface area (Å²) in [6, 6.07) is 0. The molecule has 20 heavy (non-hydrogen) atoms. The van der Waals surface area contributed by atoms with Gasteiger partial charge in [-0.25, -0.2) is 0 Å². The van der Waals surface area contributed by atoms with Crippen LogP contribution < -0.4 is 0 Å². The summed E-state index contributed by atoms with van der Waals surface area (Å²) in [6.45, 7) is 3.13. The average Bonchev–Trinajstić information content (AvgIpc) is 2.46. The summed E-state index contributed by atoms with van der Waals surface area (Å²) >= 11 is 0. The van der Waals surface area contributed by atoms with Crippen molar-refractivity contribution in [3.8, 4) is 0 Å². The van der Waals surface area contributed by atoms with Crippen molar-refractivity contribution in [2.75, 3.05) is 13.7 Å². The monoisotopic (exact) mass is 282 g/mol. The minimum absolute atomic E-state index is 0.112. The first-order valence-corrected chi connectivity index (χ1v) is 8.46. The van der Waals surface area contributed by atoms with E-state index in [2.05, 4.69) is 6.92 Å². The zero-order valence-corrected chi connectivity index (χ0v) is 13.1. The summed E-state index contributed by atoms with van der Waals surface area (Å²) in [6.07, 6.45) is 9.75. The second-order valence-corrected chi connectivity index (χ2v) is 7.53. The van der Waals surface area contributed by atoms with Gasteiger partial charge in [0.1, 0.15) is 0 Å². The molecule has 1 heterocycles. The molecule has 3 nitrogen and oxygen atoms in total. The number of hydrogen-bond donors (Lipinski definition) is 1. The molecule has 3 heteroatoms. The van der Waals surface area contributed by atoms with Crippen LogP contribution in [0.2, 0.25) is 0 Å². The first-order valence-electron chi connectivity index (χ1n) is 8.46. The van der Waals surface area contributed by atoms with Gasteiger partial charge in [0.2, 0.25) is 0 Å². The van der Waals surface area contributed by atoms with Crippen LogP contribution in [-0.2, 0) is 9.47 Å². The van der Waals surface area contributed by atoms with E-state index in [1.807, 2.05) is 0 Å². The van der Waals surface area contributed by atoms with Crippen molar-refractivity contribution in [3.05, 3.63) is 0 Å². The molecule has 3 aliphatic rings. The van der Waals surface area contributed by atoms with Crippen molar-refractivity contribution in [1.82, 2.24) is 0 Å². The van der Waals surface area contributed by atoms with Crippen molar-refractivity contribution in [1.29, 1.82) is 0 Å². The van der Waals surface area contributed by atoms with Crippen LogP contribution in [0.15, 0.2) is 0 Å². The number of aliphatic hydroxyl groups excluding tert-OH is 1. The van der Waals surface area contributed by atoms with Gasteiger partial charge in [0.05, 0.1) is 17.3 Å². The first-order chi connectivity index (χ1) is 9.59. The molecule has 2 atom stereocenters. The van der Waals surface area contributed by atoms with Crippen molar-refractivity contribution in [2.24, 2.45) is 11.8 Å². The second-order valence-electron chi connectivity index (χ2n) is 7.53. The Morgan fingerprint density at radius 2 is 1.85 bits per heavy atom. The van der Waals surface area contributed by atoms with E-state index >= 15 is 0 Å². The van der Waals surface area contributed by atoms with Crippen molar-refractivity contribution >= 4 is 0 Å². The molecule has 2 aliphatic carbocycles. The highest BCUT2D eigenvalue weighted by atomic mass is 16.5. The van der Waals surface area contributed by atoms with Crippen LogP contribution in [0.5, 0.6) is 0 Å². The molecule has 2 saturated carbocycles. The van der Waals surface area contributed by atoms with Crippen molar-refractivity contribution in [2.45, 2.75) is 82.0 Å². The molecule has 0 amide bonds. The van der Waals surface area contributed by atoms with Gasteiger partial charge in [0, 0.05) is 13.7 Å². The Kier molecular flexibility index (Phi) is 4.13. The van der Waals surface area contributed by atoms with Gasteiger partial charge in [0.15, 0.2) is 0 Å². The van der Waals surface area contributed by atoms with Crippen LogP contribution >= 0.6 is 0 Å². The lowest BCUT2D eigenvalue weighted by atomic mass is 9.66. The number of ether oxygens (including phenoxy) is 2. The molecule has 0 aromatic rings. The predicted molar refractivity (Wildman–Crippen MR) is 78.6 cm³/mol. The molecule has 2 unspecified atom stereocenters. The highest BCUT2D eigenvalue weighted by molar-refractivity contribution is 5.01. The number of methoxy groups -OCH3 is 1. The Hall–Kier alpha value is -0.120. The van der Waals surface area contributed by atoms with Crippen LogP contribution in [0.4, 0.5) is 0 Å². The molecule has 0 aromatic carbocycles. The number of hydrogen-bond acceptors (Lipinski definition) is 3. The lowest BCUT2D eigenvalue weighted by molar-refractivity contribution is -0.195. The van der Waals surface area contributed by atoms with Crippen LogP contribution in [0.1, 0.15) is 64.7 Å². The maximum atomic E-state index is 11.0. The van der Waals surface area contributed by atoms with Gasteiger partial charge in [-0.05, 0) is 69.6 Å². The molecule has 116 valence electrons. The maximum Gasteiger partial charge on any atom is 0.0939 e. The Balaban J connectivity index is 1.68. The third kappa shape index (κ3) is 2.53. The van der Waals surface area contributed by atoms with Gasteiger partial charge >= 0.3 is 0 Å². The van der Waals surface area contributed by atoms with E-state index in [0.29, 0.717) is 5.92 Å². The predicted octanol–water partition coefficient (Wildman–Crippen LogP) is 3.29. The van der Waals surface area contributed by atoms with E-state index in [9.17, 15) is 5.11 Å². The Morgan fingerprint density at radius 3 is 2.40 bits per heavy atom. The summed E-state index contributed by atoms with van der Waals surface area (Å²) in [5.74, 6) is 1.13. The van der Waals surface area contributed by atoms with Crippen molar-refractivity contribution in [3.63, 3.8) is 0 Å². The Labute approximate surface area is 123 Å². The second kappa shape index (κ2) is 5.58. The van der Waals surface area contributed by atoms with Gasteiger partial charge in [0.25, 0.3) is 0 Å². The van der Waals surface area contributed by atoms with Gasteiger partial charge in [-0.3, -0.25) is 0 Å². The number of aliphatic hydroxyl groups is 1. The standard InChI is InChI=1S/C17H30O3/c1-13-4-9-17(19-2,10-5-13)15(18)14-6-11-20-16(12-14)7-3-8-16/h13-15,18H,3-12H2,1-2H3. The van der Waals surface area contributed by atoms with E-state index in [1.54, 1.807) is 7.11 Å². The van der Waals surface area contributed by atoms with Crippen LogP contribution in [0.3, 0.4) is 0 Å². The average molecular weight is 282 g/mol. The van der Waals surface area contributed by atoms with E-state index in [-0.39, 0.29) is 17.3 Å². The van der Waals surface area contributed by atoms with Gasteiger partial charge in [-0.2, -0.15) is 0 Å². The summed E-state index contributed by atoms with van der Waals surface area (Å²) in [4.78, 5) is 0. The molecular weight excluding hydrogens is 252 g/mol.